The van der Waals surface area contributed by atoms with Gasteiger partial charge in [-0.25, -0.2) is 14.4 Å². The molecule has 5 atom stereocenters. The third kappa shape index (κ3) is 5.83. The summed E-state index contributed by atoms with van der Waals surface area (Å²) in [5.41, 5.74) is 1.77. The summed E-state index contributed by atoms with van der Waals surface area (Å²) in [5, 5.41) is 13.1. The summed E-state index contributed by atoms with van der Waals surface area (Å²) < 4.78 is 16.3. The quantitative estimate of drug-likeness (QED) is 0.342. The van der Waals surface area contributed by atoms with E-state index >= 15 is 0 Å². The number of amides is 2. The molecule has 36 heavy (non-hydrogen) atoms. The minimum atomic E-state index is -1.70. The fourth-order valence-electron chi connectivity index (χ4n) is 4.39. The van der Waals surface area contributed by atoms with Gasteiger partial charge in [0.25, 0.3) is 0 Å². The Bertz CT molecular complexity index is 1140. The van der Waals surface area contributed by atoms with Crippen LogP contribution in [-0.2, 0) is 23.8 Å². The maximum Gasteiger partial charge on any atom is 0.408 e. The second kappa shape index (κ2) is 10.8. The number of hydrogen-bond acceptors (Lipinski definition) is 8. The van der Waals surface area contributed by atoms with Crippen molar-refractivity contribution in [1.82, 2.24) is 10.2 Å². The van der Waals surface area contributed by atoms with Crippen LogP contribution in [-0.4, -0.2) is 77.5 Å². The fourth-order valence-corrected chi connectivity index (χ4v) is 4.39. The number of esters is 2. The number of nitrogens with zero attached hydrogens (tertiary/aromatic N) is 1. The second-order valence-corrected chi connectivity index (χ2v) is 9.07. The third-order valence-electron chi connectivity index (χ3n) is 6.04. The number of cyclic esters (lactones) is 1. The van der Waals surface area contributed by atoms with E-state index in [0.29, 0.717) is 11.1 Å². The first-order chi connectivity index (χ1) is 17.2. The molecule has 2 N–H and O–H groups in total. The standard InChI is InChI=1S/C26H28N2O8/c1-15(2)11-19-23(30)25(32)35-18-13-20-21(8-9-22(29)28(20)14-18)36-24(31)17-7-3-5-16(12-17)6-4-10-34-26(33)27-19/h3-9,11-12,18-21,23,30H,10,13-14H2,1-2H3,(H,27,33)/b6-4+/t18-,19-,20+,21-,23+/m0/s1. The van der Waals surface area contributed by atoms with E-state index in [1.165, 1.54) is 23.1 Å². The van der Waals surface area contributed by atoms with Crippen molar-refractivity contribution in [3.63, 3.8) is 0 Å². The molecule has 2 amide bonds. The van der Waals surface area contributed by atoms with Crippen LogP contribution in [0.4, 0.5) is 4.79 Å². The largest absolute Gasteiger partial charge is 0.458 e. The summed E-state index contributed by atoms with van der Waals surface area (Å²) >= 11 is 0. The Morgan fingerprint density at radius 2 is 1.94 bits per heavy atom. The number of fused-ring (bicyclic) bond motifs is 3. The molecule has 3 heterocycles. The Hall–Kier alpha value is -3.92. The number of hydrogen-bond donors (Lipinski definition) is 2. The summed E-state index contributed by atoms with van der Waals surface area (Å²) in [5.74, 6) is -1.80. The molecule has 3 aliphatic rings. The first kappa shape index (κ1) is 25.2. The van der Waals surface area contributed by atoms with Crippen LogP contribution < -0.4 is 5.32 Å². The minimum Gasteiger partial charge on any atom is -0.458 e. The molecule has 0 radical (unpaired) electrons. The third-order valence-corrected chi connectivity index (χ3v) is 6.04. The molecule has 10 heteroatoms. The van der Waals surface area contributed by atoms with E-state index in [1.54, 1.807) is 50.3 Å². The van der Waals surface area contributed by atoms with E-state index in [4.69, 9.17) is 14.2 Å². The molecule has 1 saturated heterocycles. The molecule has 10 nitrogen and oxygen atoms in total. The van der Waals surface area contributed by atoms with Crippen molar-refractivity contribution in [2.45, 2.75) is 50.7 Å². The zero-order valence-electron chi connectivity index (χ0n) is 20.0. The van der Waals surface area contributed by atoms with Crippen LogP contribution in [0, 0.1) is 0 Å². The lowest BCUT2D eigenvalue weighted by molar-refractivity contribution is -0.159. The van der Waals surface area contributed by atoms with Crippen molar-refractivity contribution in [2.24, 2.45) is 0 Å². The Balaban J connectivity index is 1.63. The van der Waals surface area contributed by atoms with Crippen LogP contribution in [0.3, 0.4) is 0 Å². The van der Waals surface area contributed by atoms with Gasteiger partial charge in [0, 0.05) is 12.5 Å². The SMILES string of the molecule is CC(C)=C[C@@H]1NC(=O)OC/C=C/c2cccc(c2)C(=O)O[C@H]2C=CC(=O)N3C[C@H](C[C@H]23)OC(=O)[C@@H]1O. The van der Waals surface area contributed by atoms with Gasteiger partial charge >= 0.3 is 18.0 Å². The van der Waals surface area contributed by atoms with Crippen LogP contribution in [0.5, 0.6) is 0 Å². The van der Waals surface area contributed by atoms with Gasteiger partial charge in [-0.3, -0.25) is 4.79 Å². The summed E-state index contributed by atoms with van der Waals surface area (Å²) in [7, 11) is 0. The van der Waals surface area contributed by atoms with Crippen molar-refractivity contribution in [3.05, 3.63) is 65.3 Å². The van der Waals surface area contributed by atoms with Crippen LogP contribution >= 0.6 is 0 Å². The number of alkyl carbamates (subject to hydrolysis) is 1. The first-order valence-corrected chi connectivity index (χ1v) is 11.6. The molecule has 1 aromatic rings. The maximum atomic E-state index is 12.9. The van der Waals surface area contributed by atoms with Crippen molar-refractivity contribution in [3.8, 4) is 0 Å². The average molecular weight is 497 g/mol. The number of carbonyl (C=O) groups excluding carboxylic acids is 4. The first-order valence-electron chi connectivity index (χ1n) is 11.6. The number of ether oxygens (including phenoxy) is 3. The van der Waals surface area contributed by atoms with Gasteiger partial charge in [0.1, 0.15) is 18.8 Å². The fraction of sp³-hybridized carbons (Fsp3) is 0.385. The highest BCUT2D eigenvalue weighted by molar-refractivity contribution is 5.92. The molecule has 0 aromatic heterocycles. The maximum absolute atomic E-state index is 12.9. The number of aliphatic hydroxyl groups is 1. The summed E-state index contributed by atoms with van der Waals surface area (Å²) in [6.45, 7) is 3.52. The predicted molar refractivity (Wildman–Crippen MR) is 128 cm³/mol. The van der Waals surface area contributed by atoms with Gasteiger partial charge in [-0.05, 0) is 43.7 Å². The zero-order chi connectivity index (χ0) is 25.8. The summed E-state index contributed by atoms with van der Waals surface area (Å²) in [4.78, 5) is 51.8. The molecule has 4 rings (SSSR count). The van der Waals surface area contributed by atoms with E-state index in [9.17, 15) is 24.3 Å². The number of aliphatic hydroxyl groups excluding tert-OH is 1. The Labute approximate surface area is 208 Å². The number of carbonyl (C=O) groups is 4. The lowest BCUT2D eigenvalue weighted by atomic mass is 10.0. The molecular formula is C26H28N2O8. The summed E-state index contributed by atoms with van der Waals surface area (Å²) in [6, 6.07) is 5.14. The highest BCUT2D eigenvalue weighted by Gasteiger charge is 2.44. The van der Waals surface area contributed by atoms with Crippen molar-refractivity contribution >= 4 is 30.0 Å². The molecule has 0 unspecified atom stereocenters. The Kier molecular flexibility index (Phi) is 7.54. The molecule has 1 fully saturated rings. The molecule has 0 spiro atoms. The molecule has 190 valence electrons. The van der Waals surface area contributed by atoms with Crippen molar-refractivity contribution in [1.29, 1.82) is 0 Å². The van der Waals surface area contributed by atoms with Gasteiger partial charge in [-0.15, -0.1) is 0 Å². The predicted octanol–water partition coefficient (Wildman–Crippen LogP) is 1.74. The molecule has 4 bridgehead atoms. The molecule has 0 saturated carbocycles. The van der Waals surface area contributed by atoms with E-state index in [1.807, 2.05) is 0 Å². The smallest absolute Gasteiger partial charge is 0.408 e. The van der Waals surface area contributed by atoms with Gasteiger partial charge in [-0.2, -0.15) is 0 Å². The number of benzene rings is 1. The van der Waals surface area contributed by atoms with Crippen LogP contribution in [0.2, 0.25) is 0 Å². The molecule has 0 aliphatic carbocycles. The number of nitrogens with one attached hydrogen (secondary N) is 1. The van der Waals surface area contributed by atoms with Crippen molar-refractivity contribution in [2.75, 3.05) is 13.2 Å². The van der Waals surface area contributed by atoms with Crippen LogP contribution in [0.15, 0.2) is 54.1 Å². The Morgan fingerprint density at radius 1 is 1.14 bits per heavy atom. The second-order valence-electron chi connectivity index (χ2n) is 9.07. The van der Waals surface area contributed by atoms with Crippen LogP contribution in [0.1, 0.15) is 36.2 Å². The summed E-state index contributed by atoms with van der Waals surface area (Å²) in [6.07, 6.45) is 3.89. The average Bonchev–Trinajstić information content (AvgIpc) is 3.27. The number of rotatable bonds is 1. The number of allylic oxidation sites excluding steroid dienone is 1. The Morgan fingerprint density at radius 3 is 2.72 bits per heavy atom. The topological polar surface area (TPSA) is 131 Å². The highest BCUT2D eigenvalue weighted by atomic mass is 16.6. The highest BCUT2D eigenvalue weighted by Crippen LogP contribution is 2.29. The van der Waals surface area contributed by atoms with E-state index in [-0.39, 0.29) is 25.5 Å². The van der Waals surface area contributed by atoms with Crippen molar-refractivity contribution < 1.29 is 38.5 Å². The van der Waals surface area contributed by atoms with Gasteiger partial charge in [-0.1, -0.05) is 29.9 Å². The van der Waals surface area contributed by atoms with E-state index in [2.05, 4.69) is 5.32 Å². The lowest BCUT2D eigenvalue weighted by Gasteiger charge is -2.31. The van der Waals surface area contributed by atoms with Gasteiger partial charge in [0.05, 0.1) is 24.2 Å². The monoisotopic (exact) mass is 496 g/mol. The lowest BCUT2D eigenvalue weighted by Crippen LogP contribution is -2.47. The van der Waals surface area contributed by atoms with Crippen LogP contribution in [0.25, 0.3) is 6.08 Å². The van der Waals surface area contributed by atoms with Gasteiger partial charge in [0.15, 0.2) is 6.10 Å². The van der Waals surface area contributed by atoms with E-state index < -0.39 is 48.4 Å². The normalized spacial score (nSPS) is 29.5. The zero-order valence-corrected chi connectivity index (χ0v) is 20.0. The van der Waals surface area contributed by atoms with Gasteiger partial charge in [0.2, 0.25) is 5.91 Å². The minimum absolute atomic E-state index is 0.0803. The molecule has 1 aromatic carbocycles. The molecular weight excluding hydrogens is 468 g/mol. The van der Waals surface area contributed by atoms with E-state index in [0.717, 1.165) is 5.57 Å². The molecule has 3 aliphatic heterocycles. The van der Waals surface area contributed by atoms with Gasteiger partial charge < -0.3 is 29.5 Å².